The third kappa shape index (κ3) is 2.67. The lowest BCUT2D eigenvalue weighted by Crippen LogP contribution is -2.22. The maximum absolute atomic E-state index is 13.7. The van der Waals surface area contributed by atoms with Crippen LogP contribution in [0.25, 0.3) is 11.0 Å². The highest BCUT2D eigenvalue weighted by atomic mass is 35.5. The monoisotopic (exact) mass is 303 g/mol. The van der Waals surface area contributed by atoms with Gasteiger partial charge in [0.2, 0.25) is 0 Å². The topological polar surface area (TPSA) is 25.2 Å². The summed E-state index contributed by atoms with van der Waals surface area (Å²) in [6.07, 6.45) is 0. The van der Waals surface area contributed by atoms with Crippen molar-refractivity contribution < 1.29 is 8.81 Å². The molecule has 3 aromatic rings. The number of furan rings is 1. The van der Waals surface area contributed by atoms with E-state index in [1.54, 1.807) is 6.07 Å². The maximum atomic E-state index is 13.7. The number of nitrogens with one attached hydrogen (secondary N) is 1. The van der Waals surface area contributed by atoms with Gasteiger partial charge in [-0.1, -0.05) is 48.9 Å². The molecule has 2 nitrogen and oxygen atoms in total. The van der Waals surface area contributed by atoms with Gasteiger partial charge >= 0.3 is 0 Å². The summed E-state index contributed by atoms with van der Waals surface area (Å²) in [5, 5.41) is 4.44. The van der Waals surface area contributed by atoms with Crippen LogP contribution in [0.3, 0.4) is 0 Å². The molecule has 0 aliphatic carbocycles. The van der Waals surface area contributed by atoms with Crippen LogP contribution in [-0.2, 0) is 0 Å². The molecule has 0 aliphatic heterocycles. The normalized spacial score (nSPS) is 12.7. The zero-order valence-corrected chi connectivity index (χ0v) is 12.3. The SMILES string of the molecule is CCNC(c1cc2ccccc2o1)c1cccc(F)c1Cl. The fraction of sp³-hybridized carbons (Fsp3) is 0.176. The van der Waals surface area contributed by atoms with E-state index in [1.165, 1.54) is 6.07 Å². The molecule has 0 saturated carbocycles. The lowest BCUT2D eigenvalue weighted by Gasteiger charge is -2.17. The Kier molecular flexibility index (Phi) is 3.95. The minimum atomic E-state index is -0.423. The molecule has 21 heavy (non-hydrogen) atoms. The molecule has 0 amide bonds. The molecular formula is C17H15ClFNO. The molecular weight excluding hydrogens is 289 g/mol. The Balaban J connectivity index is 2.10. The number of benzene rings is 2. The summed E-state index contributed by atoms with van der Waals surface area (Å²) >= 11 is 6.12. The van der Waals surface area contributed by atoms with Gasteiger partial charge < -0.3 is 9.73 Å². The summed E-state index contributed by atoms with van der Waals surface area (Å²) in [7, 11) is 0. The van der Waals surface area contributed by atoms with Crippen LogP contribution in [0.4, 0.5) is 4.39 Å². The summed E-state index contributed by atoms with van der Waals surface area (Å²) < 4.78 is 19.6. The van der Waals surface area contributed by atoms with Crippen LogP contribution in [0, 0.1) is 5.82 Å². The van der Waals surface area contributed by atoms with Gasteiger partial charge in [-0.3, -0.25) is 0 Å². The number of rotatable bonds is 4. The predicted octanol–water partition coefficient (Wildman–Crippen LogP) is 4.92. The summed E-state index contributed by atoms with van der Waals surface area (Å²) in [5.74, 6) is 0.304. The first-order chi connectivity index (χ1) is 10.2. The fourth-order valence-corrected chi connectivity index (χ4v) is 2.69. The van der Waals surface area contributed by atoms with Gasteiger partial charge in [0, 0.05) is 5.39 Å². The van der Waals surface area contributed by atoms with Crippen LogP contribution in [0.2, 0.25) is 5.02 Å². The molecule has 1 unspecified atom stereocenters. The van der Waals surface area contributed by atoms with E-state index in [2.05, 4.69) is 5.32 Å². The largest absolute Gasteiger partial charge is 0.459 e. The highest BCUT2D eigenvalue weighted by molar-refractivity contribution is 6.31. The van der Waals surface area contributed by atoms with E-state index in [0.717, 1.165) is 16.7 Å². The van der Waals surface area contributed by atoms with E-state index in [0.29, 0.717) is 12.1 Å². The standard InChI is InChI=1S/C17H15ClFNO/c1-2-20-17(12-7-5-8-13(19)16(12)18)15-10-11-6-3-4-9-14(11)21-15/h3-10,17,20H,2H2,1H3. The first-order valence-corrected chi connectivity index (χ1v) is 7.24. The lowest BCUT2D eigenvalue weighted by atomic mass is 10.0. The van der Waals surface area contributed by atoms with Crippen molar-refractivity contribution in [3.63, 3.8) is 0 Å². The summed E-state index contributed by atoms with van der Waals surface area (Å²) in [4.78, 5) is 0. The van der Waals surface area contributed by atoms with E-state index in [9.17, 15) is 4.39 Å². The van der Waals surface area contributed by atoms with E-state index >= 15 is 0 Å². The van der Waals surface area contributed by atoms with Gasteiger partial charge in [0.05, 0.1) is 11.1 Å². The van der Waals surface area contributed by atoms with Gasteiger partial charge in [0.25, 0.3) is 0 Å². The third-order valence-electron chi connectivity index (χ3n) is 3.43. The number of hydrogen-bond donors (Lipinski definition) is 1. The number of fused-ring (bicyclic) bond motifs is 1. The minimum Gasteiger partial charge on any atom is -0.459 e. The Labute approximate surface area is 127 Å². The fourth-order valence-electron chi connectivity index (χ4n) is 2.46. The van der Waals surface area contributed by atoms with Crippen LogP contribution in [0.5, 0.6) is 0 Å². The molecule has 108 valence electrons. The van der Waals surface area contributed by atoms with E-state index in [1.807, 2.05) is 43.3 Å². The number of hydrogen-bond acceptors (Lipinski definition) is 2. The molecule has 0 spiro atoms. The van der Waals surface area contributed by atoms with Gasteiger partial charge in [0.1, 0.15) is 17.2 Å². The van der Waals surface area contributed by atoms with Gasteiger partial charge in [0.15, 0.2) is 0 Å². The van der Waals surface area contributed by atoms with Crippen LogP contribution in [0.1, 0.15) is 24.3 Å². The molecule has 1 N–H and O–H groups in total. The Morgan fingerprint density at radius 3 is 2.76 bits per heavy atom. The van der Waals surface area contributed by atoms with Crippen molar-refractivity contribution in [2.75, 3.05) is 6.54 Å². The molecule has 4 heteroatoms. The van der Waals surface area contributed by atoms with Gasteiger partial charge in [-0.15, -0.1) is 0 Å². The molecule has 3 rings (SSSR count). The van der Waals surface area contributed by atoms with Crippen molar-refractivity contribution in [1.29, 1.82) is 0 Å². The molecule has 0 fully saturated rings. The van der Waals surface area contributed by atoms with E-state index in [-0.39, 0.29) is 11.1 Å². The van der Waals surface area contributed by atoms with Crippen molar-refractivity contribution in [1.82, 2.24) is 5.32 Å². The average molecular weight is 304 g/mol. The highest BCUT2D eigenvalue weighted by Gasteiger charge is 2.21. The quantitative estimate of drug-likeness (QED) is 0.739. The van der Waals surface area contributed by atoms with Crippen LogP contribution in [0.15, 0.2) is 52.9 Å². The van der Waals surface area contributed by atoms with Crippen molar-refractivity contribution >= 4 is 22.6 Å². The summed E-state index contributed by atoms with van der Waals surface area (Å²) in [6, 6.07) is 14.3. The smallest absolute Gasteiger partial charge is 0.142 e. The number of halogens is 2. The Hall–Kier alpha value is -1.84. The summed E-state index contributed by atoms with van der Waals surface area (Å²) in [5.41, 5.74) is 1.49. The minimum absolute atomic E-state index is 0.129. The molecule has 2 aromatic carbocycles. The van der Waals surface area contributed by atoms with Crippen molar-refractivity contribution in [3.05, 3.63) is 70.7 Å². The van der Waals surface area contributed by atoms with Crippen molar-refractivity contribution in [3.8, 4) is 0 Å². The Morgan fingerprint density at radius 1 is 1.19 bits per heavy atom. The molecule has 1 heterocycles. The molecule has 0 bridgehead atoms. The van der Waals surface area contributed by atoms with Crippen LogP contribution >= 0.6 is 11.6 Å². The molecule has 1 atom stereocenters. The highest BCUT2D eigenvalue weighted by Crippen LogP contribution is 2.33. The summed E-state index contributed by atoms with van der Waals surface area (Å²) in [6.45, 7) is 2.71. The van der Waals surface area contributed by atoms with Gasteiger partial charge in [-0.2, -0.15) is 0 Å². The van der Waals surface area contributed by atoms with Crippen molar-refractivity contribution in [2.24, 2.45) is 0 Å². The Morgan fingerprint density at radius 2 is 2.00 bits per heavy atom. The van der Waals surface area contributed by atoms with Crippen LogP contribution < -0.4 is 5.32 Å². The van der Waals surface area contributed by atoms with Gasteiger partial charge in [-0.25, -0.2) is 4.39 Å². The second kappa shape index (κ2) is 5.88. The van der Waals surface area contributed by atoms with Gasteiger partial charge in [-0.05, 0) is 30.3 Å². The van der Waals surface area contributed by atoms with Crippen molar-refractivity contribution in [2.45, 2.75) is 13.0 Å². The zero-order valence-electron chi connectivity index (χ0n) is 11.6. The molecule has 0 radical (unpaired) electrons. The number of para-hydroxylation sites is 1. The van der Waals surface area contributed by atoms with E-state index in [4.69, 9.17) is 16.0 Å². The molecule has 0 aliphatic rings. The second-order valence-electron chi connectivity index (χ2n) is 4.82. The predicted molar refractivity (Wildman–Crippen MR) is 83.1 cm³/mol. The molecule has 0 saturated heterocycles. The maximum Gasteiger partial charge on any atom is 0.142 e. The first kappa shape index (κ1) is 14.1. The average Bonchev–Trinajstić information content (AvgIpc) is 2.91. The zero-order chi connectivity index (χ0) is 14.8. The first-order valence-electron chi connectivity index (χ1n) is 6.86. The lowest BCUT2D eigenvalue weighted by molar-refractivity contribution is 0.475. The van der Waals surface area contributed by atoms with E-state index < -0.39 is 5.82 Å². The Bertz CT molecular complexity index is 735. The third-order valence-corrected chi connectivity index (χ3v) is 3.83. The molecule has 1 aromatic heterocycles. The van der Waals surface area contributed by atoms with Crippen LogP contribution in [-0.4, -0.2) is 6.54 Å². The second-order valence-corrected chi connectivity index (χ2v) is 5.20.